The quantitative estimate of drug-likeness (QED) is 0.355. The maximum absolute atomic E-state index is 8.65. The topological polar surface area (TPSA) is 23.5 Å². The van der Waals surface area contributed by atoms with Crippen LogP contribution in [-0.2, 0) is 0 Å². The fourth-order valence-corrected chi connectivity index (χ4v) is 1.17. The highest BCUT2D eigenvalue weighted by Gasteiger charge is 1.92. The van der Waals surface area contributed by atoms with Crippen LogP contribution in [0.4, 0.5) is 0 Å². The molecule has 0 aromatic rings. The van der Waals surface area contributed by atoms with Crippen molar-refractivity contribution in [2.24, 2.45) is 0 Å². The van der Waals surface area contributed by atoms with E-state index in [1.54, 1.807) is 0 Å². The molecule has 0 spiro atoms. The van der Waals surface area contributed by atoms with Gasteiger partial charge in [-0.2, -0.15) is 0 Å². The zero-order chi connectivity index (χ0) is 8.53. The Morgan fingerprint density at radius 3 is 2.18 bits per heavy atom. The van der Waals surface area contributed by atoms with Gasteiger partial charge in [0.05, 0.1) is 0 Å². The molecule has 3 heteroatoms. The van der Waals surface area contributed by atoms with E-state index >= 15 is 0 Å². The first kappa shape index (κ1) is 11.3. The van der Waals surface area contributed by atoms with Gasteiger partial charge in [-0.05, 0) is 6.42 Å². The third-order valence-electron chi connectivity index (χ3n) is 1.71. The van der Waals surface area contributed by atoms with Gasteiger partial charge in [-0.1, -0.05) is 51.8 Å². The van der Waals surface area contributed by atoms with Crippen LogP contribution in [0.25, 0.3) is 0 Å². The number of hydrogen-bond donors (Lipinski definition) is 2. The van der Waals surface area contributed by atoms with Gasteiger partial charge in [0.1, 0.15) is 0 Å². The van der Waals surface area contributed by atoms with Crippen LogP contribution in [0.2, 0.25) is 0 Å². The molecule has 2 nitrogen and oxygen atoms in total. The highest BCUT2D eigenvalue weighted by atomic mass is 32.1. The number of hydrogen-bond acceptors (Lipinski definition) is 3. The summed E-state index contributed by atoms with van der Waals surface area (Å²) in [7, 11) is 0. The number of nitrogens with zero attached hydrogens (tertiary/aromatic N) is 1. The monoisotopic (exact) mass is 177 g/mol. The van der Waals surface area contributed by atoms with Gasteiger partial charge in [-0.15, -0.1) is 4.47 Å². The van der Waals surface area contributed by atoms with Crippen LogP contribution in [0.5, 0.6) is 0 Å². The lowest BCUT2D eigenvalue weighted by molar-refractivity contribution is 0.0184. The molecule has 0 amide bonds. The Labute approximate surface area is 75.1 Å². The van der Waals surface area contributed by atoms with Crippen LogP contribution in [0.3, 0.4) is 0 Å². The Balaban J connectivity index is 2.80. The van der Waals surface area contributed by atoms with Crippen LogP contribution in [0.15, 0.2) is 0 Å². The molecular weight excluding hydrogens is 158 g/mol. The maximum atomic E-state index is 8.65. The zero-order valence-electron chi connectivity index (χ0n) is 7.29. The van der Waals surface area contributed by atoms with E-state index in [-0.39, 0.29) is 0 Å². The van der Waals surface area contributed by atoms with Crippen molar-refractivity contribution in [3.05, 3.63) is 0 Å². The average molecular weight is 177 g/mol. The van der Waals surface area contributed by atoms with Gasteiger partial charge >= 0.3 is 0 Å². The fourth-order valence-electron chi connectivity index (χ4n) is 1.03. The summed E-state index contributed by atoms with van der Waals surface area (Å²) in [6.45, 7) is 2.89. The number of unbranched alkanes of at least 4 members (excludes halogenated alkanes) is 5. The second kappa shape index (κ2) is 8.37. The number of rotatable bonds is 7. The summed E-state index contributed by atoms with van der Waals surface area (Å²) >= 11 is 3.73. The predicted molar refractivity (Wildman–Crippen MR) is 50.9 cm³/mol. The van der Waals surface area contributed by atoms with Gasteiger partial charge in [-0.25, -0.2) is 0 Å². The lowest BCUT2D eigenvalue weighted by atomic mass is 10.1. The van der Waals surface area contributed by atoms with Crippen LogP contribution in [0.1, 0.15) is 45.4 Å². The molecule has 0 saturated heterocycles. The van der Waals surface area contributed by atoms with Crippen LogP contribution >= 0.6 is 12.8 Å². The van der Waals surface area contributed by atoms with Crippen LogP contribution < -0.4 is 0 Å². The van der Waals surface area contributed by atoms with E-state index in [1.807, 2.05) is 0 Å². The van der Waals surface area contributed by atoms with Gasteiger partial charge in [0.25, 0.3) is 0 Å². The smallest absolute Gasteiger partial charge is 0.0351 e. The van der Waals surface area contributed by atoms with Crippen molar-refractivity contribution in [3.8, 4) is 0 Å². The normalized spacial score (nSPS) is 10.9. The highest BCUT2D eigenvalue weighted by Crippen LogP contribution is 2.05. The summed E-state index contributed by atoms with van der Waals surface area (Å²) in [6, 6.07) is 0. The molecule has 0 aliphatic rings. The summed E-state index contributed by atoms with van der Waals surface area (Å²) in [5, 5.41) is 8.65. The van der Waals surface area contributed by atoms with Crippen molar-refractivity contribution in [1.29, 1.82) is 0 Å². The van der Waals surface area contributed by atoms with Gasteiger partial charge in [0, 0.05) is 6.54 Å². The van der Waals surface area contributed by atoms with Crippen LogP contribution in [0, 0.1) is 0 Å². The Morgan fingerprint density at radius 1 is 1.09 bits per heavy atom. The first-order chi connectivity index (χ1) is 5.27. The molecule has 68 valence electrons. The first-order valence-corrected chi connectivity index (χ1v) is 4.82. The van der Waals surface area contributed by atoms with Crippen molar-refractivity contribution in [2.45, 2.75) is 45.4 Å². The third kappa shape index (κ3) is 10.3. The van der Waals surface area contributed by atoms with E-state index in [9.17, 15) is 0 Å². The molecule has 0 radical (unpaired) electrons. The number of thiol groups is 1. The minimum atomic E-state index is 0.676. The summed E-state index contributed by atoms with van der Waals surface area (Å²) in [5.74, 6) is 0. The lowest BCUT2D eigenvalue weighted by Crippen LogP contribution is -2.06. The average Bonchev–Trinajstić information content (AvgIpc) is 1.96. The molecule has 0 bridgehead atoms. The molecular formula is C8H19NOS. The van der Waals surface area contributed by atoms with E-state index < -0.39 is 0 Å². The summed E-state index contributed by atoms with van der Waals surface area (Å²) in [5.41, 5.74) is 0. The Morgan fingerprint density at radius 2 is 1.64 bits per heavy atom. The minimum absolute atomic E-state index is 0.676. The molecule has 0 aliphatic heterocycles. The number of hydroxylamine groups is 1. The molecule has 1 N–H and O–H groups in total. The Kier molecular flexibility index (Phi) is 8.57. The van der Waals surface area contributed by atoms with E-state index in [0.717, 1.165) is 10.9 Å². The Hall–Kier alpha value is 0.270. The molecule has 0 aromatic carbocycles. The molecule has 0 fully saturated rings. The predicted octanol–water partition coefficient (Wildman–Crippen LogP) is 2.88. The third-order valence-corrected chi connectivity index (χ3v) is 1.91. The molecule has 0 aromatic heterocycles. The zero-order valence-corrected chi connectivity index (χ0v) is 8.19. The molecule has 0 atom stereocenters. The van der Waals surface area contributed by atoms with Gasteiger partial charge < -0.3 is 5.21 Å². The van der Waals surface area contributed by atoms with E-state index in [1.165, 1.54) is 32.1 Å². The largest absolute Gasteiger partial charge is 0.304 e. The van der Waals surface area contributed by atoms with Gasteiger partial charge in [0.2, 0.25) is 0 Å². The van der Waals surface area contributed by atoms with Crippen molar-refractivity contribution in [1.82, 2.24) is 4.47 Å². The molecule has 0 aliphatic carbocycles. The highest BCUT2D eigenvalue weighted by molar-refractivity contribution is 7.77. The standard InChI is InChI=1S/C8H19NOS/c1-2-3-4-5-6-7-8-9(10)11/h10-11H,2-8H2,1H3. The van der Waals surface area contributed by atoms with Crippen LogP contribution in [-0.4, -0.2) is 16.2 Å². The molecule has 0 saturated carbocycles. The SMILES string of the molecule is CCCCCCCCN(O)S. The second-order valence-electron chi connectivity index (χ2n) is 2.86. The first-order valence-electron chi connectivity index (χ1n) is 4.42. The maximum Gasteiger partial charge on any atom is 0.0351 e. The fraction of sp³-hybridized carbons (Fsp3) is 1.00. The van der Waals surface area contributed by atoms with Gasteiger partial charge in [0.15, 0.2) is 0 Å². The molecule has 0 unspecified atom stereocenters. The molecule has 0 rings (SSSR count). The van der Waals surface area contributed by atoms with E-state index in [4.69, 9.17) is 5.21 Å². The second-order valence-corrected chi connectivity index (χ2v) is 3.33. The lowest BCUT2D eigenvalue weighted by Gasteiger charge is -2.05. The molecule has 11 heavy (non-hydrogen) atoms. The van der Waals surface area contributed by atoms with Gasteiger partial charge in [-0.3, -0.25) is 0 Å². The van der Waals surface area contributed by atoms with Crippen molar-refractivity contribution >= 4 is 12.8 Å². The van der Waals surface area contributed by atoms with E-state index in [2.05, 4.69) is 19.7 Å². The van der Waals surface area contributed by atoms with Crippen molar-refractivity contribution in [3.63, 3.8) is 0 Å². The van der Waals surface area contributed by atoms with Crippen molar-refractivity contribution < 1.29 is 5.21 Å². The van der Waals surface area contributed by atoms with E-state index in [0.29, 0.717) is 6.54 Å². The Bertz CT molecular complexity index is 78.5. The summed E-state index contributed by atoms with van der Waals surface area (Å²) < 4.78 is 0.958. The van der Waals surface area contributed by atoms with Crippen molar-refractivity contribution in [2.75, 3.05) is 6.54 Å². The summed E-state index contributed by atoms with van der Waals surface area (Å²) in [6.07, 6.45) is 7.49. The molecule has 0 heterocycles. The summed E-state index contributed by atoms with van der Waals surface area (Å²) in [4.78, 5) is 0. The minimum Gasteiger partial charge on any atom is -0.304 e.